The second kappa shape index (κ2) is 6.84. The van der Waals surface area contributed by atoms with Crippen LogP contribution >= 0.6 is 0 Å². The standard InChI is InChI=1S/C5H6O.C3H4/c1-2-4-6-5-3-1;1-3-2/h1-4H,5H2;1H,2H3. The van der Waals surface area contributed by atoms with Crippen LogP contribution in [-0.2, 0) is 4.74 Å². The molecule has 1 aliphatic heterocycles. The molecule has 0 aromatic heterocycles. The zero-order chi connectivity index (χ0) is 6.95. The fourth-order valence-corrected chi connectivity index (χ4v) is 0.346. The lowest BCUT2D eigenvalue weighted by Gasteiger charge is -1.94. The molecule has 1 aliphatic rings. The third-order valence-corrected chi connectivity index (χ3v) is 0.614. The first-order chi connectivity index (χ1) is 4.41. The Bertz CT molecular complexity index is 125. The maximum Gasteiger partial charge on any atom is 0.106 e. The van der Waals surface area contributed by atoms with Gasteiger partial charge in [-0.05, 0) is 19.1 Å². The number of hydrogen-bond donors (Lipinski definition) is 0. The van der Waals surface area contributed by atoms with Crippen molar-refractivity contribution in [1.82, 2.24) is 0 Å². The number of allylic oxidation sites excluding steroid dienone is 2. The quantitative estimate of drug-likeness (QED) is 0.444. The molecule has 0 N–H and O–H groups in total. The van der Waals surface area contributed by atoms with E-state index < -0.39 is 0 Å². The van der Waals surface area contributed by atoms with Gasteiger partial charge in [-0.2, -0.15) is 0 Å². The fraction of sp³-hybridized carbons (Fsp3) is 0.250. The van der Waals surface area contributed by atoms with Gasteiger partial charge in [-0.3, -0.25) is 0 Å². The number of terminal acetylenes is 1. The van der Waals surface area contributed by atoms with E-state index in [2.05, 4.69) is 12.3 Å². The highest BCUT2D eigenvalue weighted by molar-refractivity contribution is 5.02. The zero-order valence-electron chi connectivity index (χ0n) is 5.50. The summed E-state index contributed by atoms with van der Waals surface area (Å²) in [5.41, 5.74) is 0. The molecule has 0 radical (unpaired) electrons. The average molecular weight is 122 g/mol. The molecule has 0 unspecified atom stereocenters. The molecule has 0 aliphatic carbocycles. The van der Waals surface area contributed by atoms with Crippen LogP contribution in [-0.4, -0.2) is 6.61 Å². The first-order valence-electron chi connectivity index (χ1n) is 2.72. The Labute approximate surface area is 56.0 Å². The Morgan fingerprint density at radius 1 is 1.56 bits per heavy atom. The van der Waals surface area contributed by atoms with Gasteiger partial charge in [0.15, 0.2) is 0 Å². The molecule has 0 amide bonds. The molecule has 1 rings (SSSR count). The molecule has 0 spiro atoms. The zero-order valence-corrected chi connectivity index (χ0v) is 5.50. The van der Waals surface area contributed by atoms with Crippen LogP contribution in [0.1, 0.15) is 6.92 Å². The van der Waals surface area contributed by atoms with E-state index in [0.29, 0.717) is 0 Å². The van der Waals surface area contributed by atoms with Gasteiger partial charge in [0, 0.05) is 0 Å². The van der Waals surface area contributed by atoms with E-state index >= 15 is 0 Å². The molecular weight excluding hydrogens is 112 g/mol. The van der Waals surface area contributed by atoms with Gasteiger partial charge in [0.1, 0.15) is 6.61 Å². The van der Waals surface area contributed by atoms with Gasteiger partial charge in [-0.15, -0.1) is 12.3 Å². The van der Waals surface area contributed by atoms with Crippen molar-refractivity contribution in [2.45, 2.75) is 6.92 Å². The van der Waals surface area contributed by atoms with E-state index in [9.17, 15) is 0 Å². The molecule has 1 heterocycles. The van der Waals surface area contributed by atoms with Crippen molar-refractivity contribution < 1.29 is 4.74 Å². The topological polar surface area (TPSA) is 9.23 Å². The smallest absolute Gasteiger partial charge is 0.106 e. The van der Waals surface area contributed by atoms with Gasteiger partial charge < -0.3 is 4.74 Å². The average Bonchev–Trinajstić information content (AvgIpc) is 1.93. The fourth-order valence-electron chi connectivity index (χ4n) is 0.346. The molecule has 0 aromatic carbocycles. The lowest BCUT2D eigenvalue weighted by atomic mass is 10.5. The van der Waals surface area contributed by atoms with Gasteiger partial charge in [-0.25, -0.2) is 0 Å². The number of rotatable bonds is 0. The van der Waals surface area contributed by atoms with E-state index in [1.54, 1.807) is 13.2 Å². The number of hydrogen-bond acceptors (Lipinski definition) is 1. The van der Waals surface area contributed by atoms with Crippen LogP contribution in [0.2, 0.25) is 0 Å². The molecule has 9 heavy (non-hydrogen) atoms. The van der Waals surface area contributed by atoms with Crippen LogP contribution in [0.15, 0.2) is 24.5 Å². The van der Waals surface area contributed by atoms with Gasteiger partial charge in [0.2, 0.25) is 0 Å². The first kappa shape index (κ1) is 7.84. The summed E-state index contributed by atoms with van der Waals surface area (Å²) in [4.78, 5) is 0. The van der Waals surface area contributed by atoms with Crippen LogP contribution in [0.25, 0.3) is 0 Å². The second-order valence-electron chi connectivity index (χ2n) is 1.38. The maximum atomic E-state index is 4.80. The Balaban J connectivity index is 0.000000187. The Kier molecular flexibility index (Phi) is 5.96. The van der Waals surface area contributed by atoms with Crippen molar-refractivity contribution in [1.29, 1.82) is 0 Å². The van der Waals surface area contributed by atoms with E-state index in [-0.39, 0.29) is 0 Å². The SMILES string of the molecule is C#CC.C1=CCOC=C1. The largest absolute Gasteiger partial charge is 0.497 e. The van der Waals surface area contributed by atoms with Crippen LogP contribution < -0.4 is 0 Å². The molecule has 48 valence electrons. The molecule has 0 bridgehead atoms. The lowest BCUT2D eigenvalue weighted by molar-refractivity contribution is 0.286. The number of ether oxygens (including phenoxy) is 1. The summed E-state index contributed by atoms with van der Waals surface area (Å²) in [6, 6.07) is 0. The summed E-state index contributed by atoms with van der Waals surface area (Å²) in [6.45, 7) is 2.39. The lowest BCUT2D eigenvalue weighted by Crippen LogP contribution is -1.82. The third kappa shape index (κ3) is 6.84. The van der Waals surface area contributed by atoms with Crippen molar-refractivity contribution in [3.63, 3.8) is 0 Å². The minimum Gasteiger partial charge on any atom is -0.497 e. The van der Waals surface area contributed by atoms with Gasteiger partial charge in [-0.1, -0.05) is 6.08 Å². The molecule has 0 aromatic rings. The summed E-state index contributed by atoms with van der Waals surface area (Å²) in [5.74, 6) is 2.25. The summed E-state index contributed by atoms with van der Waals surface area (Å²) in [7, 11) is 0. The maximum absolute atomic E-state index is 4.80. The van der Waals surface area contributed by atoms with Gasteiger partial charge in [0.25, 0.3) is 0 Å². The van der Waals surface area contributed by atoms with Crippen LogP contribution in [0, 0.1) is 12.3 Å². The molecular formula is C8H10O. The predicted molar refractivity (Wildman–Crippen MR) is 38.7 cm³/mol. The highest BCUT2D eigenvalue weighted by atomic mass is 16.5. The normalized spacial score (nSPS) is 12.4. The minimum absolute atomic E-state index is 0.733. The second-order valence-corrected chi connectivity index (χ2v) is 1.38. The van der Waals surface area contributed by atoms with Crippen LogP contribution in [0.3, 0.4) is 0 Å². The summed E-state index contributed by atoms with van der Waals surface area (Å²) >= 11 is 0. The van der Waals surface area contributed by atoms with E-state index in [4.69, 9.17) is 4.74 Å². The predicted octanol–water partition coefficient (Wildman–Crippen LogP) is 1.73. The first-order valence-corrected chi connectivity index (χ1v) is 2.72. The highest BCUT2D eigenvalue weighted by Gasteiger charge is 1.75. The third-order valence-electron chi connectivity index (χ3n) is 0.614. The van der Waals surface area contributed by atoms with Crippen molar-refractivity contribution in [3.05, 3.63) is 24.5 Å². The van der Waals surface area contributed by atoms with Gasteiger partial charge in [0.05, 0.1) is 6.26 Å². The molecule has 1 nitrogen and oxygen atoms in total. The van der Waals surface area contributed by atoms with E-state index in [0.717, 1.165) is 6.61 Å². The highest BCUT2D eigenvalue weighted by Crippen LogP contribution is 1.87. The molecule has 0 saturated heterocycles. The van der Waals surface area contributed by atoms with E-state index in [1.165, 1.54) is 0 Å². The Hall–Kier alpha value is -1.16. The van der Waals surface area contributed by atoms with Gasteiger partial charge >= 0.3 is 0 Å². The van der Waals surface area contributed by atoms with Crippen molar-refractivity contribution in [2.75, 3.05) is 6.61 Å². The van der Waals surface area contributed by atoms with Crippen LogP contribution in [0.5, 0.6) is 0 Å². The minimum atomic E-state index is 0.733. The van der Waals surface area contributed by atoms with Crippen molar-refractivity contribution >= 4 is 0 Å². The van der Waals surface area contributed by atoms with Crippen LogP contribution in [0.4, 0.5) is 0 Å². The molecule has 0 saturated carbocycles. The summed E-state index contributed by atoms with van der Waals surface area (Å²) in [5, 5.41) is 0. The molecule has 1 heteroatoms. The monoisotopic (exact) mass is 122 g/mol. The summed E-state index contributed by atoms with van der Waals surface area (Å²) < 4.78 is 4.80. The van der Waals surface area contributed by atoms with E-state index in [1.807, 2.05) is 18.2 Å². The molecule has 0 atom stereocenters. The molecule has 0 fully saturated rings. The summed E-state index contributed by atoms with van der Waals surface area (Å²) in [6.07, 6.45) is 12.1. The van der Waals surface area contributed by atoms with Crippen molar-refractivity contribution in [2.24, 2.45) is 0 Å². The Morgan fingerprint density at radius 3 is 2.33 bits per heavy atom. The Morgan fingerprint density at radius 2 is 2.22 bits per heavy atom. The van der Waals surface area contributed by atoms with Crippen molar-refractivity contribution in [3.8, 4) is 12.3 Å².